The number of halogens is 1. The van der Waals surface area contributed by atoms with E-state index in [1.807, 2.05) is 34.6 Å². The van der Waals surface area contributed by atoms with E-state index < -0.39 is 0 Å². The van der Waals surface area contributed by atoms with Crippen molar-refractivity contribution in [3.63, 3.8) is 0 Å². The number of aromatic nitrogens is 2. The molecule has 144 valence electrons. The molecule has 0 atom stereocenters. The van der Waals surface area contributed by atoms with Gasteiger partial charge in [-0.15, -0.1) is 0 Å². The monoisotopic (exact) mass is 372 g/mol. The number of nitrogens with zero attached hydrogens (tertiary/aromatic N) is 2. The van der Waals surface area contributed by atoms with E-state index in [0.29, 0.717) is 0 Å². The highest BCUT2D eigenvalue weighted by Crippen LogP contribution is 2.19. The van der Waals surface area contributed by atoms with Crippen LogP contribution in [0.1, 0.15) is 37.7 Å². The molecule has 0 fully saturated rings. The molecule has 2 rings (SSSR count). The van der Waals surface area contributed by atoms with E-state index in [-0.39, 0.29) is 29.7 Å². The largest absolute Gasteiger partial charge is 0.350 e. The van der Waals surface area contributed by atoms with Crippen LogP contribution in [-0.2, 0) is 9.59 Å². The van der Waals surface area contributed by atoms with Crippen LogP contribution in [0.4, 0.5) is 4.39 Å². The van der Waals surface area contributed by atoms with E-state index in [0.717, 1.165) is 22.6 Å². The molecule has 0 spiro atoms. The molecule has 1 heterocycles. The van der Waals surface area contributed by atoms with Gasteiger partial charge >= 0.3 is 0 Å². The van der Waals surface area contributed by atoms with Crippen molar-refractivity contribution in [2.75, 3.05) is 6.54 Å². The Hall–Kier alpha value is -2.96. The van der Waals surface area contributed by atoms with Gasteiger partial charge in [0.05, 0.1) is 17.9 Å². The SMILES string of the molecule is Cc1nn(-c2ccc(F)cc2)c(C)c1/C=C/C(=O)NCC(=O)NC(C)(C)C. The average Bonchev–Trinajstić information content (AvgIpc) is 2.84. The summed E-state index contributed by atoms with van der Waals surface area (Å²) in [4.78, 5) is 23.7. The normalized spacial score (nSPS) is 11.6. The minimum absolute atomic E-state index is 0.0900. The van der Waals surface area contributed by atoms with E-state index in [2.05, 4.69) is 15.7 Å². The summed E-state index contributed by atoms with van der Waals surface area (Å²) in [5, 5.41) is 9.78. The van der Waals surface area contributed by atoms with Gasteiger partial charge in [-0.2, -0.15) is 5.10 Å². The third-order valence-corrected chi connectivity index (χ3v) is 3.76. The number of nitrogens with one attached hydrogen (secondary N) is 2. The van der Waals surface area contributed by atoms with Crippen LogP contribution in [0.5, 0.6) is 0 Å². The zero-order valence-corrected chi connectivity index (χ0v) is 16.3. The molecule has 0 aliphatic carbocycles. The number of aryl methyl sites for hydroxylation is 1. The summed E-state index contributed by atoms with van der Waals surface area (Å²) >= 11 is 0. The quantitative estimate of drug-likeness (QED) is 0.793. The smallest absolute Gasteiger partial charge is 0.244 e. The molecule has 6 nitrogen and oxygen atoms in total. The summed E-state index contributed by atoms with van der Waals surface area (Å²) < 4.78 is 14.8. The maximum Gasteiger partial charge on any atom is 0.244 e. The highest BCUT2D eigenvalue weighted by molar-refractivity contribution is 5.94. The lowest BCUT2D eigenvalue weighted by molar-refractivity contribution is -0.124. The van der Waals surface area contributed by atoms with Crippen LogP contribution in [0.2, 0.25) is 0 Å². The lowest BCUT2D eigenvalue weighted by atomic mass is 10.1. The Morgan fingerprint density at radius 2 is 1.81 bits per heavy atom. The van der Waals surface area contributed by atoms with Gasteiger partial charge in [0, 0.05) is 22.9 Å². The molecule has 0 radical (unpaired) electrons. The Bertz CT molecular complexity index is 861. The van der Waals surface area contributed by atoms with Gasteiger partial charge in [0.15, 0.2) is 0 Å². The molecular weight excluding hydrogens is 347 g/mol. The minimum atomic E-state index is -0.368. The van der Waals surface area contributed by atoms with Crippen LogP contribution in [0, 0.1) is 19.7 Å². The zero-order chi connectivity index (χ0) is 20.2. The molecular formula is C20H25FN4O2. The molecule has 0 aliphatic heterocycles. The fraction of sp³-hybridized carbons (Fsp3) is 0.350. The molecule has 27 heavy (non-hydrogen) atoms. The van der Waals surface area contributed by atoms with Crippen LogP contribution in [0.25, 0.3) is 11.8 Å². The Balaban J connectivity index is 2.05. The highest BCUT2D eigenvalue weighted by atomic mass is 19.1. The van der Waals surface area contributed by atoms with Crippen LogP contribution in [0.3, 0.4) is 0 Å². The lowest BCUT2D eigenvalue weighted by Gasteiger charge is -2.20. The van der Waals surface area contributed by atoms with Gasteiger partial charge in [0.2, 0.25) is 11.8 Å². The van der Waals surface area contributed by atoms with E-state index >= 15 is 0 Å². The number of carbonyl (C=O) groups is 2. The predicted octanol–water partition coefficient (Wildman–Crippen LogP) is 2.67. The number of rotatable bonds is 5. The summed E-state index contributed by atoms with van der Waals surface area (Å²) in [5.74, 6) is -0.930. The standard InChI is InChI=1S/C20H25FN4O2/c1-13-17(10-11-18(26)22-12-19(27)23-20(3,4)5)14(2)25(24-13)16-8-6-15(21)7-9-16/h6-11H,12H2,1-5H3,(H,22,26)(H,23,27)/b11-10+. The van der Waals surface area contributed by atoms with Gasteiger partial charge < -0.3 is 10.6 Å². The minimum Gasteiger partial charge on any atom is -0.350 e. The molecule has 0 unspecified atom stereocenters. The summed E-state index contributed by atoms with van der Waals surface area (Å²) in [6.45, 7) is 9.23. The number of carbonyl (C=O) groups excluding carboxylic acids is 2. The van der Waals surface area contributed by atoms with Crippen molar-refractivity contribution in [1.82, 2.24) is 20.4 Å². The Morgan fingerprint density at radius 1 is 1.19 bits per heavy atom. The van der Waals surface area contributed by atoms with Crippen molar-refractivity contribution in [3.05, 3.63) is 53.1 Å². The van der Waals surface area contributed by atoms with Crippen LogP contribution >= 0.6 is 0 Å². The van der Waals surface area contributed by atoms with Crippen molar-refractivity contribution in [3.8, 4) is 5.69 Å². The third kappa shape index (κ3) is 5.77. The van der Waals surface area contributed by atoms with Gasteiger partial charge in [-0.1, -0.05) is 0 Å². The van der Waals surface area contributed by atoms with E-state index in [1.165, 1.54) is 18.2 Å². The van der Waals surface area contributed by atoms with Gasteiger partial charge in [-0.25, -0.2) is 9.07 Å². The fourth-order valence-electron chi connectivity index (χ4n) is 2.58. The van der Waals surface area contributed by atoms with Gasteiger partial charge in [-0.3, -0.25) is 9.59 Å². The molecule has 1 aromatic heterocycles. The predicted molar refractivity (Wildman–Crippen MR) is 103 cm³/mol. The Kier molecular flexibility index (Phi) is 6.15. The van der Waals surface area contributed by atoms with Crippen LogP contribution in [0.15, 0.2) is 30.3 Å². The third-order valence-electron chi connectivity index (χ3n) is 3.76. The second kappa shape index (κ2) is 8.16. The number of hydrogen-bond donors (Lipinski definition) is 2. The van der Waals surface area contributed by atoms with Gasteiger partial charge in [0.1, 0.15) is 5.82 Å². The first-order valence-electron chi connectivity index (χ1n) is 8.66. The first-order valence-corrected chi connectivity index (χ1v) is 8.66. The van der Waals surface area contributed by atoms with Crippen LogP contribution < -0.4 is 10.6 Å². The number of amides is 2. The first-order chi connectivity index (χ1) is 12.6. The fourth-order valence-corrected chi connectivity index (χ4v) is 2.58. The average molecular weight is 372 g/mol. The molecule has 1 aromatic carbocycles. The lowest BCUT2D eigenvalue weighted by Crippen LogP contribution is -2.45. The van der Waals surface area contributed by atoms with Crippen LogP contribution in [-0.4, -0.2) is 33.7 Å². The van der Waals surface area contributed by atoms with Crippen molar-refractivity contribution in [2.24, 2.45) is 0 Å². The van der Waals surface area contributed by atoms with Gasteiger partial charge in [-0.05, 0) is 65.0 Å². The molecule has 2 N–H and O–H groups in total. The van der Waals surface area contributed by atoms with Crippen molar-refractivity contribution in [1.29, 1.82) is 0 Å². The van der Waals surface area contributed by atoms with Crippen molar-refractivity contribution in [2.45, 2.75) is 40.2 Å². The second-order valence-electron chi connectivity index (χ2n) is 7.32. The highest BCUT2D eigenvalue weighted by Gasteiger charge is 2.14. The summed E-state index contributed by atoms with van der Waals surface area (Å²) in [6, 6.07) is 6.03. The molecule has 2 aromatic rings. The Labute approximate surface area is 158 Å². The summed E-state index contributed by atoms with van der Waals surface area (Å²) in [6.07, 6.45) is 3.03. The maximum atomic E-state index is 13.1. The van der Waals surface area contributed by atoms with Crippen molar-refractivity contribution >= 4 is 17.9 Å². The molecule has 7 heteroatoms. The van der Waals surface area contributed by atoms with Gasteiger partial charge in [0.25, 0.3) is 0 Å². The topological polar surface area (TPSA) is 76.0 Å². The molecule has 0 bridgehead atoms. The molecule has 0 aliphatic rings. The van der Waals surface area contributed by atoms with E-state index in [9.17, 15) is 14.0 Å². The molecule has 2 amide bonds. The summed E-state index contributed by atoms with van der Waals surface area (Å²) in [5.41, 5.74) is 2.76. The first kappa shape index (κ1) is 20.4. The summed E-state index contributed by atoms with van der Waals surface area (Å²) in [7, 11) is 0. The second-order valence-corrected chi connectivity index (χ2v) is 7.32. The zero-order valence-electron chi connectivity index (χ0n) is 16.3. The van der Waals surface area contributed by atoms with Crippen molar-refractivity contribution < 1.29 is 14.0 Å². The molecule has 0 saturated heterocycles. The Morgan fingerprint density at radius 3 is 2.41 bits per heavy atom. The number of benzene rings is 1. The number of hydrogen-bond acceptors (Lipinski definition) is 3. The van der Waals surface area contributed by atoms with E-state index in [4.69, 9.17) is 0 Å². The van der Waals surface area contributed by atoms with E-state index in [1.54, 1.807) is 22.9 Å². The molecule has 0 saturated carbocycles. The maximum absolute atomic E-state index is 13.1.